The van der Waals surface area contributed by atoms with Crippen molar-refractivity contribution in [2.24, 2.45) is 0 Å². The molecule has 19 heavy (non-hydrogen) atoms. The molecule has 3 nitrogen and oxygen atoms in total. The van der Waals surface area contributed by atoms with E-state index in [1.54, 1.807) is 7.11 Å². The molecule has 0 spiro atoms. The molecular formula is C16H25NO2. The van der Waals surface area contributed by atoms with Crippen LogP contribution in [0.2, 0.25) is 0 Å². The average Bonchev–Trinajstić information content (AvgIpc) is 2.42. The van der Waals surface area contributed by atoms with Gasteiger partial charge >= 0.3 is 0 Å². The highest BCUT2D eigenvalue weighted by Crippen LogP contribution is 2.25. The molecule has 0 radical (unpaired) electrons. The third-order valence-corrected chi connectivity index (χ3v) is 3.22. The van der Waals surface area contributed by atoms with Crippen LogP contribution < -0.4 is 10.1 Å². The molecule has 0 aliphatic carbocycles. The van der Waals surface area contributed by atoms with Gasteiger partial charge in [0.25, 0.3) is 0 Å². The fourth-order valence-electron chi connectivity index (χ4n) is 2.03. The first kappa shape index (κ1) is 15.7. The normalized spacial score (nSPS) is 13.9. The molecule has 0 aliphatic heterocycles. The first-order valence-corrected chi connectivity index (χ1v) is 6.75. The second kappa shape index (κ2) is 7.97. The molecule has 0 fully saturated rings. The molecule has 2 unspecified atom stereocenters. The minimum absolute atomic E-state index is 0.147. The van der Waals surface area contributed by atoms with E-state index < -0.39 is 0 Å². The van der Waals surface area contributed by atoms with Crippen LogP contribution in [0.15, 0.2) is 30.9 Å². The molecule has 2 N–H and O–H groups in total. The van der Waals surface area contributed by atoms with E-state index in [1.807, 2.05) is 18.2 Å². The fraction of sp³-hybridized carbons (Fsp3) is 0.500. The van der Waals surface area contributed by atoms with Crippen molar-refractivity contribution in [1.29, 1.82) is 0 Å². The van der Waals surface area contributed by atoms with E-state index >= 15 is 0 Å². The number of aliphatic hydroxyl groups is 1. The summed E-state index contributed by atoms with van der Waals surface area (Å²) in [6, 6.07) is 6.28. The van der Waals surface area contributed by atoms with Crippen LogP contribution in [0.5, 0.6) is 5.75 Å². The SMILES string of the molecule is C=CCCC(O)CNC(C)c1cc(C)ccc1OC. The van der Waals surface area contributed by atoms with E-state index in [2.05, 4.69) is 31.8 Å². The van der Waals surface area contributed by atoms with Crippen molar-refractivity contribution in [1.82, 2.24) is 5.32 Å². The van der Waals surface area contributed by atoms with Crippen LogP contribution in [-0.2, 0) is 0 Å². The molecule has 0 saturated carbocycles. The largest absolute Gasteiger partial charge is 0.496 e. The van der Waals surface area contributed by atoms with E-state index in [9.17, 15) is 5.11 Å². The van der Waals surface area contributed by atoms with Crippen LogP contribution in [0.1, 0.15) is 36.9 Å². The van der Waals surface area contributed by atoms with Crippen molar-refractivity contribution in [3.63, 3.8) is 0 Å². The van der Waals surface area contributed by atoms with Gasteiger partial charge in [-0.1, -0.05) is 23.8 Å². The lowest BCUT2D eigenvalue weighted by Crippen LogP contribution is -2.29. The van der Waals surface area contributed by atoms with Crippen molar-refractivity contribution >= 4 is 0 Å². The molecule has 1 aromatic rings. The summed E-state index contributed by atoms with van der Waals surface area (Å²) in [6.07, 6.45) is 3.08. The average molecular weight is 263 g/mol. The predicted octanol–water partition coefficient (Wildman–Crippen LogP) is 2.98. The summed E-state index contributed by atoms with van der Waals surface area (Å²) < 4.78 is 5.38. The van der Waals surface area contributed by atoms with Crippen LogP contribution in [0.4, 0.5) is 0 Å². The number of allylic oxidation sites excluding steroid dienone is 1. The Kier molecular flexibility index (Phi) is 6.60. The second-order valence-corrected chi connectivity index (χ2v) is 4.90. The van der Waals surface area contributed by atoms with Gasteiger partial charge in [0.1, 0.15) is 5.75 Å². The van der Waals surface area contributed by atoms with E-state index in [-0.39, 0.29) is 12.1 Å². The van der Waals surface area contributed by atoms with Crippen LogP contribution in [0.3, 0.4) is 0 Å². The number of aliphatic hydroxyl groups excluding tert-OH is 1. The number of hydrogen-bond donors (Lipinski definition) is 2. The Labute approximate surface area is 116 Å². The number of nitrogens with one attached hydrogen (secondary N) is 1. The monoisotopic (exact) mass is 263 g/mol. The highest BCUT2D eigenvalue weighted by Gasteiger charge is 2.12. The summed E-state index contributed by atoms with van der Waals surface area (Å²) in [5.74, 6) is 0.881. The lowest BCUT2D eigenvalue weighted by Gasteiger charge is -2.20. The van der Waals surface area contributed by atoms with Crippen molar-refractivity contribution < 1.29 is 9.84 Å². The Hall–Kier alpha value is -1.32. The first-order chi connectivity index (χ1) is 9.08. The molecule has 0 heterocycles. The first-order valence-electron chi connectivity index (χ1n) is 6.75. The summed E-state index contributed by atoms with van der Waals surface area (Å²) in [4.78, 5) is 0. The van der Waals surface area contributed by atoms with E-state index in [0.717, 1.165) is 24.2 Å². The van der Waals surface area contributed by atoms with Gasteiger partial charge < -0.3 is 15.2 Å². The summed E-state index contributed by atoms with van der Waals surface area (Å²) in [6.45, 7) is 8.38. The highest BCUT2D eigenvalue weighted by atomic mass is 16.5. The maximum absolute atomic E-state index is 9.82. The van der Waals surface area contributed by atoms with Gasteiger partial charge in [0, 0.05) is 18.2 Å². The lowest BCUT2D eigenvalue weighted by molar-refractivity contribution is 0.159. The van der Waals surface area contributed by atoms with Gasteiger partial charge in [0.05, 0.1) is 13.2 Å². The molecule has 2 atom stereocenters. The molecule has 3 heteroatoms. The van der Waals surface area contributed by atoms with Gasteiger partial charge in [0.2, 0.25) is 0 Å². The summed E-state index contributed by atoms with van der Waals surface area (Å²) in [5, 5.41) is 13.2. The standard InChI is InChI=1S/C16H25NO2/c1-5-6-7-14(18)11-17-13(3)15-10-12(2)8-9-16(15)19-4/h5,8-10,13-14,17-18H,1,6-7,11H2,2-4H3. The van der Waals surface area contributed by atoms with Crippen LogP contribution >= 0.6 is 0 Å². The van der Waals surface area contributed by atoms with Crippen molar-refractivity contribution in [3.8, 4) is 5.75 Å². The smallest absolute Gasteiger partial charge is 0.123 e. The Morgan fingerprint density at radius 1 is 1.47 bits per heavy atom. The highest BCUT2D eigenvalue weighted by molar-refractivity contribution is 5.38. The Morgan fingerprint density at radius 2 is 2.21 bits per heavy atom. The minimum atomic E-state index is -0.337. The van der Waals surface area contributed by atoms with Gasteiger partial charge in [0.15, 0.2) is 0 Å². The maximum Gasteiger partial charge on any atom is 0.123 e. The number of rotatable bonds is 8. The van der Waals surface area contributed by atoms with Crippen LogP contribution in [0.25, 0.3) is 0 Å². The molecule has 1 rings (SSSR count). The predicted molar refractivity (Wildman–Crippen MR) is 79.6 cm³/mol. The van der Waals surface area contributed by atoms with Gasteiger partial charge in [-0.05, 0) is 32.8 Å². The second-order valence-electron chi connectivity index (χ2n) is 4.90. The van der Waals surface area contributed by atoms with E-state index in [4.69, 9.17) is 4.74 Å². The molecule has 0 amide bonds. The van der Waals surface area contributed by atoms with Gasteiger partial charge in [-0.2, -0.15) is 0 Å². The Morgan fingerprint density at radius 3 is 2.84 bits per heavy atom. The maximum atomic E-state index is 9.82. The molecule has 0 aliphatic rings. The zero-order valence-electron chi connectivity index (χ0n) is 12.1. The molecule has 0 bridgehead atoms. The lowest BCUT2D eigenvalue weighted by atomic mass is 10.0. The van der Waals surface area contributed by atoms with Gasteiger partial charge in [-0.3, -0.25) is 0 Å². The molecule has 106 valence electrons. The van der Waals surface area contributed by atoms with Gasteiger partial charge in [-0.15, -0.1) is 6.58 Å². The van der Waals surface area contributed by atoms with Crippen LogP contribution in [-0.4, -0.2) is 24.9 Å². The van der Waals surface area contributed by atoms with Crippen molar-refractivity contribution in [2.45, 2.75) is 38.8 Å². The Bertz CT molecular complexity index is 404. The summed E-state index contributed by atoms with van der Waals surface area (Å²) >= 11 is 0. The molecular weight excluding hydrogens is 238 g/mol. The fourth-order valence-corrected chi connectivity index (χ4v) is 2.03. The van der Waals surface area contributed by atoms with E-state index in [1.165, 1.54) is 5.56 Å². The quantitative estimate of drug-likeness (QED) is 0.708. The third-order valence-electron chi connectivity index (χ3n) is 3.22. The molecule has 1 aromatic carbocycles. The molecule has 0 aromatic heterocycles. The number of ether oxygens (including phenoxy) is 1. The Balaban J connectivity index is 2.59. The number of methoxy groups -OCH3 is 1. The van der Waals surface area contributed by atoms with Gasteiger partial charge in [-0.25, -0.2) is 0 Å². The van der Waals surface area contributed by atoms with Crippen molar-refractivity contribution in [3.05, 3.63) is 42.0 Å². The molecule has 0 saturated heterocycles. The zero-order valence-corrected chi connectivity index (χ0v) is 12.1. The number of benzene rings is 1. The number of hydrogen-bond acceptors (Lipinski definition) is 3. The third kappa shape index (κ3) is 5.05. The zero-order chi connectivity index (χ0) is 14.3. The van der Waals surface area contributed by atoms with Crippen LogP contribution in [0, 0.1) is 6.92 Å². The number of aryl methyl sites for hydroxylation is 1. The topological polar surface area (TPSA) is 41.5 Å². The summed E-state index contributed by atoms with van der Waals surface area (Å²) in [5.41, 5.74) is 2.33. The minimum Gasteiger partial charge on any atom is -0.496 e. The van der Waals surface area contributed by atoms with Crippen molar-refractivity contribution in [2.75, 3.05) is 13.7 Å². The van der Waals surface area contributed by atoms with E-state index in [0.29, 0.717) is 6.54 Å². The summed E-state index contributed by atoms with van der Waals surface area (Å²) in [7, 11) is 1.68.